The number of hydrogen-bond acceptors (Lipinski definition) is 8. The molecule has 4 amide bonds. The van der Waals surface area contributed by atoms with Gasteiger partial charge in [0.2, 0.25) is 11.8 Å². The van der Waals surface area contributed by atoms with E-state index in [2.05, 4.69) is 69.0 Å². The summed E-state index contributed by atoms with van der Waals surface area (Å²) in [6, 6.07) is 71.7. The van der Waals surface area contributed by atoms with Crippen LogP contribution < -0.4 is 20.4 Å². The number of rotatable bonds is 29. The highest BCUT2D eigenvalue weighted by Gasteiger charge is 2.16. The molecule has 0 bridgehead atoms. The van der Waals surface area contributed by atoms with E-state index < -0.39 is 12.2 Å². The van der Waals surface area contributed by atoms with Crippen molar-refractivity contribution >= 4 is 69.5 Å². The summed E-state index contributed by atoms with van der Waals surface area (Å²) in [5, 5.41) is 5.68. The van der Waals surface area contributed by atoms with Crippen molar-refractivity contribution in [1.29, 1.82) is 0 Å². The molecule has 12 nitrogen and oxygen atoms in total. The fraction of sp³-hybridized carbons (Fsp3) is 0.257. The summed E-state index contributed by atoms with van der Waals surface area (Å²) in [7, 11) is 0. The second-order valence-electron chi connectivity index (χ2n) is 20.6. The Morgan fingerprint density at radius 3 is 0.854 bits per heavy atom. The lowest BCUT2D eigenvalue weighted by molar-refractivity contribution is -0.130. The summed E-state index contributed by atoms with van der Waals surface area (Å²) in [5.41, 5.74) is 11.1. The van der Waals surface area contributed by atoms with Crippen molar-refractivity contribution < 1.29 is 28.7 Å². The number of nitrogens with zero attached hydrogens (tertiary/aromatic N) is 4. The Hall–Kier alpha value is -9.16. The van der Waals surface area contributed by atoms with Crippen LogP contribution >= 0.6 is 0 Å². The van der Waals surface area contributed by atoms with E-state index in [0.717, 1.165) is 108 Å². The number of carbonyl (C=O) groups excluding carboxylic acids is 4. The standard InChI is InChI=1S/C70H76N6O6/c1-55(77)73(51-57-33-37-59(38-34-57)53-81-69(79)71-61-41-45-67(46-42-61)75(63-25-15-11-16-26-63)64-27-17-12-18-28-64)49-23-9-7-5-3-4-6-8-10-24-50-74(56(2)78)52-58-35-39-60(40-36-58)54-82-70(80)72-62-43-47-68(48-44-62)76(65-29-19-13-20-30-65)66-31-21-14-22-32-66/h11-22,25-48H,3-10,23-24,49-54H2,1-2H3,(H,71,79)(H,72,80). The zero-order chi connectivity index (χ0) is 57.1. The van der Waals surface area contributed by atoms with Crippen LogP contribution in [0.5, 0.6) is 0 Å². The second kappa shape index (κ2) is 31.6. The van der Waals surface area contributed by atoms with Crippen molar-refractivity contribution in [3.05, 3.63) is 241 Å². The molecule has 8 rings (SSSR count). The van der Waals surface area contributed by atoms with Crippen LogP contribution in [0.1, 0.15) is 100 Å². The van der Waals surface area contributed by atoms with Gasteiger partial charge in [-0.1, -0.05) is 173 Å². The molecule has 0 aliphatic carbocycles. The van der Waals surface area contributed by atoms with E-state index in [1.165, 1.54) is 25.7 Å². The number of amides is 4. The molecule has 0 fully saturated rings. The van der Waals surface area contributed by atoms with E-state index in [1.54, 1.807) is 13.8 Å². The maximum Gasteiger partial charge on any atom is 0.411 e. The number of ether oxygens (including phenoxy) is 2. The van der Waals surface area contributed by atoms with Gasteiger partial charge in [0.15, 0.2) is 0 Å². The molecule has 82 heavy (non-hydrogen) atoms. The van der Waals surface area contributed by atoms with Crippen molar-refractivity contribution in [3.8, 4) is 0 Å². The highest BCUT2D eigenvalue weighted by molar-refractivity contribution is 5.87. The van der Waals surface area contributed by atoms with Gasteiger partial charge in [-0.15, -0.1) is 0 Å². The quantitative estimate of drug-likeness (QED) is 0.0445. The van der Waals surface area contributed by atoms with Gasteiger partial charge in [-0.05, 0) is 132 Å². The first-order chi connectivity index (χ1) is 40.1. The molecule has 0 spiro atoms. The molecule has 0 heterocycles. The fourth-order valence-electron chi connectivity index (χ4n) is 9.83. The van der Waals surface area contributed by atoms with Crippen LogP contribution in [0.15, 0.2) is 218 Å². The number of benzene rings is 8. The molecule has 0 atom stereocenters. The van der Waals surface area contributed by atoms with Gasteiger partial charge in [-0.2, -0.15) is 0 Å². The molecule has 12 heteroatoms. The van der Waals surface area contributed by atoms with Crippen LogP contribution in [0.3, 0.4) is 0 Å². The maximum absolute atomic E-state index is 12.8. The summed E-state index contributed by atoms with van der Waals surface area (Å²) < 4.78 is 11.1. The predicted molar refractivity (Wildman–Crippen MR) is 331 cm³/mol. The minimum Gasteiger partial charge on any atom is -0.444 e. The molecule has 0 radical (unpaired) electrons. The topological polar surface area (TPSA) is 124 Å². The van der Waals surface area contributed by atoms with Crippen LogP contribution in [0, 0.1) is 0 Å². The van der Waals surface area contributed by atoms with Crippen LogP contribution in [-0.4, -0.2) is 46.9 Å². The lowest BCUT2D eigenvalue weighted by Gasteiger charge is -2.25. The maximum atomic E-state index is 12.8. The van der Waals surface area contributed by atoms with Crippen LogP contribution in [0.25, 0.3) is 0 Å². The van der Waals surface area contributed by atoms with Crippen molar-refractivity contribution in [2.24, 2.45) is 0 Å². The lowest BCUT2D eigenvalue weighted by atomic mass is 10.1. The molecule has 8 aromatic rings. The van der Waals surface area contributed by atoms with E-state index in [0.29, 0.717) is 24.5 Å². The zero-order valence-corrected chi connectivity index (χ0v) is 47.3. The molecule has 0 saturated carbocycles. The van der Waals surface area contributed by atoms with Crippen molar-refractivity contribution in [3.63, 3.8) is 0 Å². The van der Waals surface area contributed by atoms with Crippen LogP contribution in [-0.2, 0) is 45.4 Å². The van der Waals surface area contributed by atoms with E-state index in [1.807, 2.05) is 180 Å². The Labute approximate surface area is 484 Å². The third-order valence-corrected chi connectivity index (χ3v) is 14.3. The molecular formula is C70H76N6O6. The minimum atomic E-state index is -0.533. The molecule has 0 unspecified atom stereocenters. The van der Waals surface area contributed by atoms with E-state index in [4.69, 9.17) is 9.47 Å². The first-order valence-corrected chi connectivity index (χ1v) is 28.7. The van der Waals surface area contributed by atoms with E-state index in [9.17, 15) is 19.2 Å². The molecular weight excluding hydrogens is 1020 g/mol. The highest BCUT2D eigenvalue weighted by atomic mass is 16.6. The van der Waals surface area contributed by atoms with Crippen molar-refractivity contribution in [2.75, 3.05) is 33.5 Å². The molecule has 422 valence electrons. The van der Waals surface area contributed by atoms with Gasteiger partial charge in [0, 0.05) is 85.5 Å². The number of nitrogens with one attached hydrogen (secondary N) is 2. The SMILES string of the molecule is CC(=O)N(CCCCCCCCCCCCN(Cc1ccc(COC(=O)Nc2ccc(N(c3ccccc3)c3ccccc3)cc2)cc1)C(C)=O)Cc1ccc(COC(=O)Nc2ccc(N(c3ccccc3)c3ccccc3)cc2)cc1. The number of anilines is 8. The number of unbranched alkanes of at least 4 members (excludes halogenated alkanes) is 9. The molecule has 0 aromatic heterocycles. The largest absolute Gasteiger partial charge is 0.444 e. The monoisotopic (exact) mass is 1100 g/mol. The molecule has 0 saturated heterocycles. The normalized spacial score (nSPS) is 10.8. The third kappa shape index (κ3) is 18.7. The minimum absolute atomic E-state index is 0.0612. The average Bonchev–Trinajstić information content (AvgIpc) is 3.61. The van der Waals surface area contributed by atoms with E-state index in [-0.39, 0.29) is 25.0 Å². The average molecular weight is 1100 g/mol. The Kier molecular flexibility index (Phi) is 22.7. The molecule has 0 aliphatic rings. The lowest BCUT2D eigenvalue weighted by Crippen LogP contribution is -2.29. The third-order valence-electron chi connectivity index (χ3n) is 14.3. The van der Waals surface area contributed by atoms with Gasteiger partial charge >= 0.3 is 12.2 Å². The highest BCUT2D eigenvalue weighted by Crippen LogP contribution is 2.36. The summed E-state index contributed by atoms with van der Waals surface area (Å²) >= 11 is 0. The summed E-state index contributed by atoms with van der Waals surface area (Å²) in [6.45, 7) is 6.04. The molecule has 8 aromatic carbocycles. The second-order valence-corrected chi connectivity index (χ2v) is 20.6. The van der Waals surface area contributed by atoms with Crippen LogP contribution in [0.4, 0.5) is 55.1 Å². The Morgan fingerprint density at radius 1 is 0.317 bits per heavy atom. The summed E-state index contributed by atoms with van der Waals surface area (Å²) in [5.74, 6) is 0.122. The first-order valence-electron chi connectivity index (χ1n) is 28.7. The van der Waals surface area contributed by atoms with Crippen LogP contribution in [0.2, 0.25) is 0 Å². The van der Waals surface area contributed by atoms with Crippen molar-refractivity contribution in [1.82, 2.24) is 9.80 Å². The molecule has 2 N–H and O–H groups in total. The summed E-state index contributed by atoms with van der Waals surface area (Å²) in [4.78, 5) is 58.8. The van der Waals surface area contributed by atoms with Gasteiger partial charge in [0.1, 0.15) is 13.2 Å². The van der Waals surface area contributed by atoms with Gasteiger partial charge < -0.3 is 29.1 Å². The Bertz CT molecular complexity index is 2890. The number of hydrogen-bond donors (Lipinski definition) is 2. The molecule has 0 aliphatic heterocycles. The first kappa shape index (κ1) is 59.0. The van der Waals surface area contributed by atoms with Gasteiger partial charge in [0.05, 0.1) is 0 Å². The smallest absolute Gasteiger partial charge is 0.411 e. The summed E-state index contributed by atoms with van der Waals surface area (Å²) in [6.07, 6.45) is 10.1. The van der Waals surface area contributed by atoms with E-state index >= 15 is 0 Å². The van der Waals surface area contributed by atoms with Gasteiger partial charge in [0.25, 0.3) is 0 Å². The Balaban J connectivity index is 0.646. The van der Waals surface area contributed by atoms with Crippen molar-refractivity contribution in [2.45, 2.75) is 104 Å². The number of para-hydroxylation sites is 4. The number of carbonyl (C=O) groups is 4. The Morgan fingerprint density at radius 2 is 0.573 bits per heavy atom. The van der Waals surface area contributed by atoms with Gasteiger partial charge in [-0.3, -0.25) is 20.2 Å². The zero-order valence-electron chi connectivity index (χ0n) is 47.3. The fourth-order valence-corrected chi connectivity index (χ4v) is 9.83. The predicted octanol–water partition coefficient (Wildman–Crippen LogP) is 17.4. The van der Waals surface area contributed by atoms with Gasteiger partial charge in [-0.25, -0.2) is 9.59 Å².